The molecule has 11 heteroatoms. The van der Waals surface area contributed by atoms with Crippen LogP contribution in [0.3, 0.4) is 0 Å². The normalized spacial score (nSPS) is 26.3. The van der Waals surface area contributed by atoms with Gasteiger partial charge < -0.3 is 10.3 Å². The van der Waals surface area contributed by atoms with Crippen LogP contribution in [-0.4, -0.2) is 41.9 Å². The van der Waals surface area contributed by atoms with Crippen molar-refractivity contribution in [1.29, 1.82) is 5.26 Å². The van der Waals surface area contributed by atoms with Crippen molar-refractivity contribution >= 4 is 17.8 Å². The summed E-state index contributed by atoms with van der Waals surface area (Å²) in [7, 11) is 0.750. The Kier molecular flexibility index (Phi) is 13.0. The van der Waals surface area contributed by atoms with E-state index in [9.17, 15) is 27.2 Å². The van der Waals surface area contributed by atoms with Crippen LogP contribution in [0.25, 0.3) is 0 Å². The van der Waals surface area contributed by atoms with Crippen molar-refractivity contribution in [3.05, 3.63) is 0 Å². The second-order valence-electron chi connectivity index (χ2n) is 5.61. The first-order chi connectivity index (χ1) is 11.6. The van der Waals surface area contributed by atoms with Crippen molar-refractivity contribution in [2.45, 2.75) is 50.4 Å². The molecule has 1 N–H and O–H groups in total. The average Bonchev–Trinajstić information content (AvgIpc) is 2.56. The van der Waals surface area contributed by atoms with Gasteiger partial charge in [-0.2, -0.15) is 12.4 Å². The maximum Gasteiger partial charge on any atom is 1.00 e. The van der Waals surface area contributed by atoms with Gasteiger partial charge in [-0.3, -0.25) is 9.59 Å². The monoisotopic (exact) mass is 390 g/mol. The fraction of sp³-hybridized carbons (Fsp3) is 0.733. The molecule has 2 fully saturated rings. The van der Waals surface area contributed by atoms with Gasteiger partial charge in [0.25, 0.3) is 0 Å². The van der Waals surface area contributed by atoms with Gasteiger partial charge in [-0.05, 0) is 0 Å². The van der Waals surface area contributed by atoms with Crippen LogP contribution in [0.4, 0.5) is 17.6 Å². The van der Waals surface area contributed by atoms with Crippen LogP contribution in [0.1, 0.15) is 38.5 Å². The second kappa shape index (κ2) is 12.4. The molecule has 26 heavy (non-hydrogen) atoms. The third-order valence-corrected chi connectivity index (χ3v) is 3.70. The molecule has 2 aliphatic carbocycles. The van der Waals surface area contributed by atoms with E-state index in [4.69, 9.17) is 15.6 Å². The maximum absolute atomic E-state index is 12.7. The number of oxime groups is 1. The summed E-state index contributed by atoms with van der Waals surface area (Å²) >= 11 is 0. The number of carbonyl (C=O) groups excluding carboxylic acids is 2. The predicted molar refractivity (Wildman–Crippen MR) is 76.4 cm³/mol. The first-order valence-corrected chi connectivity index (χ1v) is 7.39. The van der Waals surface area contributed by atoms with Gasteiger partial charge in [0.1, 0.15) is 17.5 Å². The van der Waals surface area contributed by atoms with E-state index in [-0.39, 0.29) is 60.4 Å². The van der Waals surface area contributed by atoms with Gasteiger partial charge in [0.2, 0.25) is 11.8 Å². The molecule has 0 heterocycles. The molecule has 0 bridgehead atoms. The fourth-order valence-corrected chi connectivity index (χ4v) is 2.36. The Bertz CT molecular complexity index is 538. The van der Waals surface area contributed by atoms with Gasteiger partial charge in [-0.25, -0.2) is 17.6 Å². The zero-order valence-corrected chi connectivity index (χ0v) is 16.6. The van der Waals surface area contributed by atoms with E-state index in [1.165, 1.54) is 0 Å². The minimum absolute atomic E-state index is 0. The predicted octanol–water partition coefficient (Wildman–Crippen LogP) is -1.05. The van der Waals surface area contributed by atoms with Crippen LogP contribution in [0.2, 0.25) is 0 Å². The van der Waals surface area contributed by atoms with Crippen LogP contribution in [0.15, 0.2) is 5.16 Å². The van der Waals surface area contributed by atoms with E-state index < -0.39 is 42.9 Å². The first-order valence-electron chi connectivity index (χ1n) is 7.39. The Morgan fingerprint density at radius 3 is 2.00 bits per heavy atom. The summed E-state index contributed by atoms with van der Waals surface area (Å²) < 4.78 is 50.3. The van der Waals surface area contributed by atoms with Crippen LogP contribution < -0.4 is 34.7 Å². The largest absolute Gasteiger partial charge is 1.00 e. The van der Waals surface area contributed by atoms with E-state index in [0.717, 1.165) is 13.3 Å². The maximum atomic E-state index is 12.7. The Hall–Kier alpha value is -1.02. The molecule has 0 radical (unpaired) electrons. The molecule has 0 aromatic heterocycles. The molecule has 2 aliphatic rings. The summed E-state index contributed by atoms with van der Waals surface area (Å²) in [5.41, 5.74) is 0. The van der Waals surface area contributed by atoms with Crippen LogP contribution in [-0.2, 0) is 9.59 Å². The number of hydrogen-bond acceptors (Lipinski definition) is 6. The number of alkyl halides is 4. The summed E-state index contributed by atoms with van der Waals surface area (Å²) in [5, 5.41) is 27.2. The number of Topliss-reactive ketones (excluding diaryl/α,β-unsaturated/α-hetero) is 2. The van der Waals surface area contributed by atoms with E-state index in [1.54, 1.807) is 6.07 Å². The van der Waals surface area contributed by atoms with Crippen molar-refractivity contribution in [1.82, 2.24) is 0 Å². The third kappa shape index (κ3) is 9.62. The average molecular weight is 390 g/mol. The topological polar surface area (TPSA) is 114 Å². The molecule has 0 spiro atoms. The summed E-state index contributed by atoms with van der Waals surface area (Å²) in [4.78, 5) is 21.7. The van der Waals surface area contributed by atoms with E-state index in [1.807, 2.05) is 0 Å². The number of halogens is 4. The van der Waals surface area contributed by atoms with E-state index in [0.29, 0.717) is 0 Å². The molecule has 142 valence electrons. The molecule has 2 unspecified atom stereocenters. The smallest absolute Gasteiger partial charge is 0.857 e. The summed E-state index contributed by atoms with van der Waals surface area (Å²) in [6.07, 6.45) is -1.34. The van der Waals surface area contributed by atoms with Gasteiger partial charge in [0.15, 0.2) is 0 Å². The third-order valence-electron chi connectivity index (χ3n) is 3.70. The van der Waals surface area contributed by atoms with Crippen LogP contribution >= 0.6 is 0 Å². The Balaban J connectivity index is 0. The van der Waals surface area contributed by atoms with Gasteiger partial charge >= 0.3 is 29.6 Å². The second-order valence-corrected chi connectivity index (χ2v) is 5.61. The van der Waals surface area contributed by atoms with Gasteiger partial charge in [0, 0.05) is 38.5 Å². The van der Waals surface area contributed by atoms with Crippen molar-refractivity contribution in [2.75, 3.05) is 7.11 Å². The van der Waals surface area contributed by atoms with Crippen LogP contribution in [0, 0.1) is 23.2 Å². The minimum Gasteiger partial charge on any atom is -0.857 e. The summed E-state index contributed by atoms with van der Waals surface area (Å²) in [6.45, 7) is 0. The Labute approximate surface area is 170 Å². The molecule has 2 atom stereocenters. The van der Waals surface area contributed by atoms with Crippen molar-refractivity contribution in [3.8, 4) is 6.07 Å². The molecule has 0 aliphatic heterocycles. The number of rotatable bonds is 1. The molecule has 0 saturated heterocycles. The minimum atomic E-state index is -2.81. The molecule has 2 rings (SSSR count). The molecule has 0 aromatic rings. The fourth-order valence-electron chi connectivity index (χ4n) is 2.36. The number of nitrogens with zero attached hydrogens (tertiary/aromatic N) is 2. The zero-order valence-electron chi connectivity index (χ0n) is 14.6. The molecule has 0 aromatic carbocycles. The number of hydrogen-bond donors (Lipinski definition) is 1. The molecular weight excluding hydrogens is 371 g/mol. The quantitative estimate of drug-likeness (QED) is 0.202. The summed E-state index contributed by atoms with van der Waals surface area (Å²) in [6, 6.07) is 1.58. The van der Waals surface area contributed by atoms with Crippen molar-refractivity contribution in [2.24, 2.45) is 17.0 Å². The molecular formula is C15H19F4N2NaO4. The molecule has 2 saturated carbocycles. The standard InChI is InChI=1S/C7H9F2NO2.C7H7F2NO.CH3O.Na/c8-7(9)2-1-6(11)5(3-7)4-10-12;8-7(9)2-1-6(11)5(3-7)4-10;1-2;/h4-5,12H,1-3H2;5H,1-3H2;1H3;/q;;-1;+1/b10-4-;;;. The van der Waals surface area contributed by atoms with E-state index in [2.05, 4.69) is 5.16 Å². The zero-order chi connectivity index (χ0) is 19.7. The van der Waals surface area contributed by atoms with Crippen LogP contribution in [0.5, 0.6) is 0 Å². The molecule has 6 nitrogen and oxygen atoms in total. The van der Waals surface area contributed by atoms with Gasteiger partial charge in [-0.1, -0.05) is 0 Å². The number of nitriles is 1. The number of ketones is 2. The number of carbonyl (C=O) groups is 2. The SMILES string of the molecule is C[O-].N#CC1CC(F)(F)CCC1=O.O=C1CCC(F)(F)CC1/C=N\O.[Na+]. The van der Waals surface area contributed by atoms with Gasteiger partial charge in [0.05, 0.1) is 18.2 Å². The van der Waals surface area contributed by atoms with Crippen molar-refractivity contribution < 1.29 is 67.0 Å². The first kappa shape index (κ1) is 27.2. The summed E-state index contributed by atoms with van der Waals surface area (Å²) in [5.74, 6) is -8.23. The molecule has 0 amide bonds. The Morgan fingerprint density at radius 2 is 1.58 bits per heavy atom. The van der Waals surface area contributed by atoms with Gasteiger partial charge in [-0.15, -0.1) is 5.16 Å². The van der Waals surface area contributed by atoms with E-state index >= 15 is 0 Å². The Morgan fingerprint density at radius 1 is 1.12 bits per heavy atom. The van der Waals surface area contributed by atoms with Crippen molar-refractivity contribution in [3.63, 3.8) is 0 Å².